The van der Waals surface area contributed by atoms with Gasteiger partial charge in [0.25, 0.3) is 0 Å². The number of hydrogen-bond acceptors (Lipinski definition) is 1. The smallest absolute Gasteiger partial charge is 0.303 e. The van der Waals surface area contributed by atoms with Gasteiger partial charge in [0.05, 0.1) is 0 Å². The Morgan fingerprint density at radius 3 is 1.33 bits per heavy atom. The lowest BCUT2D eigenvalue weighted by atomic mass is 10.0. The van der Waals surface area contributed by atoms with E-state index in [1.807, 2.05) is 0 Å². The van der Waals surface area contributed by atoms with Crippen molar-refractivity contribution in [3.8, 4) is 0 Å². The van der Waals surface area contributed by atoms with Crippen LogP contribution in [0.5, 0.6) is 0 Å². The van der Waals surface area contributed by atoms with E-state index in [9.17, 15) is 4.79 Å². The largest absolute Gasteiger partial charge is 0.481 e. The molecule has 0 saturated carbocycles. The Bertz CT molecular complexity index is 434. The molecule has 0 atom stereocenters. The van der Waals surface area contributed by atoms with E-state index < -0.39 is 5.97 Å². The van der Waals surface area contributed by atoms with Gasteiger partial charge in [-0.15, -0.1) is 0 Å². The van der Waals surface area contributed by atoms with Crippen molar-refractivity contribution in [1.29, 1.82) is 0 Å². The fraction of sp³-hybridized carbons (Fsp3) is 0.750. The van der Waals surface area contributed by atoms with Crippen LogP contribution >= 0.6 is 0 Å². The number of carboxylic acids is 1. The minimum absolute atomic E-state index is 0.339. The van der Waals surface area contributed by atoms with Crippen LogP contribution in [0.4, 0.5) is 0 Å². The summed E-state index contributed by atoms with van der Waals surface area (Å²) in [4.78, 5) is 10.4. The summed E-state index contributed by atoms with van der Waals surface area (Å²) in [7, 11) is 0. The predicted octanol–water partition coefficient (Wildman–Crippen LogP) is 9.56. The Balaban J connectivity index is 3.15. The quantitative estimate of drug-likeness (QED) is 0.132. The molecule has 0 bridgehead atoms. The maximum absolute atomic E-state index is 10.4. The van der Waals surface area contributed by atoms with Gasteiger partial charge in [-0.1, -0.05) is 127 Å². The second-order valence-electron chi connectivity index (χ2n) is 8.56. The first-order chi connectivity index (χ1) is 14.8. The van der Waals surface area contributed by atoms with Gasteiger partial charge in [-0.2, -0.15) is 0 Å². The van der Waals surface area contributed by atoms with Crippen molar-refractivity contribution >= 4 is 5.97 Å². The number of carboxylic acid groups (broad SMARTS) is 1. The predicted molar refractivity (Wildman–Crippen MR) is 133 cm³/mol. The summed E-state index contributed by atoms with van der Waals surface area (Å²) in [5.41, 5.74) is 0. The molecule has 0 amide bonds. The highest BCUT2D eigenvalue weighted by Crippen LogP contribution is 2.13. The molecule has 1 N–H and O–H groups in total. The van der Waals surface area contributed by atoms with Gasteiger partial charge in [-0.25, -0.2) is 0 Å². The Hall–Kier alpha value is -1.31. The second kappa shape index (κ2) is 25.7. The van der Waals surface area contributed by atoms with Crippen molar-refractivity contribution in [2.45, 2.75) is 135 Å². The third kappa shape index (κ3) is 26.7. The molecule has 0 aliphatic heterocycles. The summed E-state index contributed by atoms with van der Waals surface area (Å²) in [5, 5.41) is 8.59. The van der Waals surface area contributed by atoms with E-state index in [4.69, 9.17) is 5.11 Å². The zero-order chi connectivity index (χ0) is 22.0. The maximum Gasteiger partial charge on any atom is 0.303 e. The van der Waals surface area contributed by atoms with Gasteiger partial charge >= 0.3 is 5.97 Å². The van der Waals surface area contributed by atoms with Gasteiger partial charge in [0, 0.05) is 6.42 Å². The lowest BCUT2D eigenvalue weighted by Crippen LogP contribution is -1.93. The van der Waals surface area contributed by atoms with Crippen LogP contribution in [-0.2, 0) is 4.79 Å². The molecule has 2 heteroatoms. The molecule has 0 heterocycles. The summed E-state index contributed by atoms with van der Waals surface area (Å²) < 4.78 is 0. The van der Waals surface area contributed by atoms with Crippen molar-refractivity contribution in [2.75, 3.05) is 0 Å². The Morgan fingerprint density at radius 2 is 0.900 bits per heavy atom. The first-order valence-corrected chi connectivity index (χ1v) is 12.9. The van der Waals surface area contributed by atoms with Crippen molar-refractivity contribution in [2.24, 2.45) is 0 Å². The molecule has 0 aromatic carbocycles. The monoisotopic (exact) mass is 418 g/mol. The van der Waals surface area contributed by atoms with Gasteiger partial charge in [0.1, 0.15) is 0 Å². The van der Waals surface area contributed by atoms with Crippen LogP contribution in [0.25, 0.3) is 0 Å². The van der Waals surface area contributed by atoms with E-state index in [1.54, 1.807) is 0 Å². The molecule has 30 heavy (non-hydrogen) atoms. The second-order valence-corrected chi connectivity index (χ2v) is 8.56. The highest BCUT2D eigenvalue weighted by Gasteiger charge is 1.97. The lowest BCUT2D eigenvalue weighted by molar-refractivity contribution is -0.137. The summed E-state index contributed by atoms with van der Waals surface area (Å²) in [5.74, 6) is -0.656. The molecule has 0 unspecified atom stereocenters. The molecule has 0 aromatic heterocycles. The van der Waals surface area contributed by atoms with E-state index in [0.717, 1.165) is 25.7 Å². The summed E-state index contributed by atoms with van der Waals surface area (Å²) in [6.07, 6.45) is 38.1. The molecule has 0 radical (unpaired) electrons. The van der Waals surface area contributed by atoms with Crippen molar-refractivity contribution in [3.05, 3.63) is 36.5 Å². The average Bonchev–Trinajstić information content (AvgIpc) is 2.73. The Labute approximate surface area is 187 Å². The first kappa shape index (κ1) is 28.7. The number of rotatable bonds is 23. The molecule has 174 valence electrons. The minimum atomic E-state index is -0.656. The van der Waals surface area contributed by atoms with Crippen molar-refractivity contribution in [3.63, 3.8) is 0 Å². The van der Waals surface area contributed by atoms with Gasteiger partial charge in [-0.05, 0) is 38.5 Å². The van der Waals surface area contributed by atoms with Crippen LogP contribution in [0.1, 0.15) is 135 Å². The van der Waals surface area contributed by atoms with Crippen LogP contribution in [0.3, 0.4) is 0 Å². The van der Waals surface area contributed by atoms with Crippen LogP contribution < -0.4 is 0 Å². The van der Waals surface area contributed by atoms with Gasteiger partial charge in [0.2, 0.25) is 0 Å². The van der Waals surface area contributed by atoms with Gasteiger partial charge in [-0.3, -0.25) is 4.79 Å². The van der Waals surface area contributed by atoms with E-state index in [-0.39, 0.29) is 0 Å². The normalized spacial score (nSPS) is 12.0. The molecular formula is C28H50O2. The van der Waals surface area contributed by atoms with E-state index in [0.29, 0.717) is 6.42 Å². The van der Waals surface area contributed by atoms with Crippen LogP contribution in [0.15, 0.2) is 36.5 Å². The van der Waals surface area contributed by atoms with Gasteiger partial charge < -0.3 is 5.11 Å². The SMILES string of the molecule is CCCC=CCC=CCC=CCCCCCCCCCCCCCCCCC(=O)O. The molecule has 0 saturated heterocycles. The zero-order valence-corrected chi connectivity index (χ0v) is 20.0. The number of allylic oxidation sites excluding steroid dienone is 6. The van der Waals surface area contributed by atoms with Crippen molar-refractivity contribution in [1.82, 2.24) is 0 Å². The van der Waals surface area contributed by atoms with Crippen LogP contribution in [0.2, 0.25) is 0 Å². The highest BCUT2D eigenvalue weighted by molar-refractivity contribution is 5.66. The minimum Gasteiger partial charge on any atom is -0.481 e. The Kier molecular flexibility index (Phi) is 24.6. The number of hydrogen-bond donors (Lipinski definition) is 1. The van der Waals surface area contributed by atoms with E-state index in [1.165, 1.54) is 96.3 Å². The molecule has 2 nitrogen and oxygen atoms in total. The molecule has 0 aliphatic rings. The average molecular weight is 419 g/mol. The first-order valence-electron chi connectivity index (χ1n) is 12.9. The van der Waals surface area contributed by atoms with Crippen molar-refractivity contribution < 1.29 is 9.90 Å². The summed E-state index contributed by atoms with van der Waals surface area (Å²) in [6.45, 7) is 2.22. The maximum atomic E-state index is 10.4. The summed E-state index contributed by atoms with van der Waals surface area (Å²) in [6, 6.07) is 0. The van der Waals surface area contributed by atoms with Crippen LogP contribution in [-0.4, -0.2) is 11.1 Å². The third-order valence-corrected chi connectivity index (χ3v) is 5.51. The molecule has 0 aromatic rings. The van der Waals surface area contributed by atoms with E-state index in [2.05, 4.69) is 43.4 Å². The molecule has 0 aliphatic carbocycles. The Morgan fingerprint density at radius 1 is 0.533 bits per heavy atom. The fourth-order valence-electron chi connectivity index (χ4n) is 3.60. The number of unbranched alkanes of at least 4 members (excludes halogenated alkanes) is 15. The highest BCUT2D eigenvalue weighted by atomic mass is 16.4. The number of aliphatic carboxylic acids is 1. The molecule has 0 rings (SSSR count). The third-order valence-electron chi connectivity index (χ3n) is 5.51. The molecular weight excluding hydrogens is 368 g/mol. The summed E-state index contributed by atoms with van der Waals surface area (Å²) >= 11 is 0. The lowest BCUT2D eigenvalue weighted by Gasteiger charge is -2.03. The zero-order valence-electron chi connectivity index (χ0n) is 20.0. The molecule has 0 fully saturated rings. The molecule has 0 spiro atoms. The van der Waals surface area contributed by atoms with E-state index >= 15 is 0 Å². The number of carbonyl (C=O) groups is 1. The topological polar surface area (TPSA) is 37.3 Å². The standard InChI is InChI=1S/C28H50O2/c1-2-3-4-5-6-7-8-9-10-11-12-13-14-15-16-17-18-19-20-21-22-23-24-25-26-27-28(29)30/h4-5,7-8,10-11H,2-3,6,9,12-27H2,1H3,(H,29,30). The fourth-order valence-corrected chi connectivity index (χ4v) is 3.60. The van der Waals surface area contributed by atoms with Gasteiger partial charge in [0.15, 0.2) is 0 Å². The van der Waals surface area contributed by atoms with Crippen LogP contribution in [0, 0.1) is 0 Å².